The van der Waals surface area contributed by atoms with E-state index in [-0.39, 0.29) is 17.0 Å². The Labute approximate surface area is 217 Å². The molecular formula is C32H31N3O2. The molecule has 3 heterocycles. The Balaban J connectivity index is 1.46. The SMILES string of the molecule is CC/C(C1=C(O)C(=C(C)C2=Nc3ccc4ccccc4c3C2(C)C)C1=O)=C1\Nc2ccncc2C1(C)C. The van der Waals surface area contributed by atoms with Crippen molar-refractivity contribution in [1.82, 2.24) is 4.98 Å². The number of Topliss-reactive ketones (excluding diaryl/α,β-unsaturated/α-hetero) is 1. The first kappa shape index (κ1) is 23.4. The summed E-state index contributed by atoms with van der Waals surface area (Å²) in [5.41, 5.74) is 7.56. The Morgan fingerprint density at radius 3 is 2.49 bits per heavy atom. The summed E-state index contributed by atoms with van der Waals surface area (Å²) in [5.74, 6) is -0.0526. The molecule has 1 aliphatic carbocycles. The minimum Gasteiger partial charge on any atom is -0.506 e. The number of pyridine rings is 1. The van der Waals surface area contributed by atoms with Crippen LogP contribution in [-0.2, 0) is 15.6 Å². The van der Waals surface area contributed by atoms with Gasteiger partial charge in [0, 0.05) is 40.2 Å². The van der Waals surface area contributed by atoms with Gasteiger partial charge < -0.3 is 10.4 Å². The molecule has 0 radical (unpaired) electrons. The first-order chi connectivity index (χ1) is 17.6. The highest BCUT2D eigenvalue weighted by Gasteiger charge is 2.45. The minimum absolute atomic E-state index is 0.0674. The molecular weight excluding hydrogens is 458 g/mol. The number of benzene rings is 2. The van der Waals surface area contributed by atoms with Gasteiger partial charge in [-0.25, -0.2) is 0 Å². The highest BCUT2D eigenvalue weighted by Crippen LogP contribution is 2.50. The molecule has 2 aliphatic heterocycles. The summed E-state index contributed by atoms with van der Waals surface area (Å²) in [5, 5.41) is 17.2. The van der Waals surface area contributed by atoms with Gasteiger partial charge in [0.15, 0.2) is 0 Å². The van der Waals surface area contributed by atoms with Crippen molar-refractivity contribution < 1.29 is 9.90 Å². The summed E-state index contributed by atoms with van der Waals surface area (Å²) in [7, 11) is 0. The standard InChI is InChI=1S/C32H31N3O2/c1-7-19(30-31(3,4)21-16-33-15-14-22(21)34-30)25-27(36)24(28(25)37)17(2)29-32(5,6)26-20-11-9-8-10-18(20)12-13-23(26)35-29/h8-16,34,36H,7H2,1-6H3/b24-17?,30-19+. The Hall–Kier alpha value is -3.99. The summed E-state index contributed by atoms with van der Waals surface area (Å²) in [6.45, 7) is 12.5. The molecule has 0 saturated heterocycles. The normalized spacial score (nSPS) is 21.8. The molecule has 3 aliphatic rings. The molecule has 3 aromatic rings. The number of anilines is 1. The van der Waals surface area contributed by atoms with Gasteiger partial charge in [-0.3, -0.25) is 14.8 Å². The summed E-state index contributed by atoms with van der Waals surface area (Å²) in [6, 6.07) is 14.4. The van der Waals surface area contributed by atoms with E-state index in [1.165, 1.54) is 10.8 Å². The van der Waals surface area contributed by atoms with Gasteiger partial charge >= 0.3 is 0 Å². The van der Waals surface area contributed by atoms with Crippen LogP contribution in [0.4, 0.5) is 11.4 Å². The number of nitrogens with one attached hydrogen (secondary N) is 1. The molecule has 1 aromatic heterocycles. The first-order valence-corrected chi connectivity index (χ1v) is 12.9. The summed E-state index contributed by atoms with van der Waals surface area (Å²) in [4.78, 5) is 23.0. The van der Waals surface area contributed by atoms with Crippen molar-refractivity contribution >= 4 is 33.6 Å². The lowest BCUT2D eigenvalue weighted by molar-refractivity contribution is -0.113. The van der Waals surface area contributed by atoms with Gasteiger partial charge in [-0.1, -0.05) is 65.0 Å². The number of nitrogens with zero attached hydrogens (tertiary/aromatic N) is 2. The second-order valence-corrected chi connectivity index (χ2v) is 11.2. The van der Waals surface area contributed by atoms with Crippen LogP contribution in [0, 0.1) is 0 Å². The topological polar surface area (TPSA) is 74.6 Å². The zero-order valence-corrected chi connectivity index (χ0v) is 22.2. The maximum absolute atomic E-state index is 13.7. The second-order valence-electron chi connectivity index (χ2n) is 11.2. The van der Waals surface area contributed by atoms with E-state index in [1.807, 2.05) is 44.3 Å². The fourth-order valence-corrected chi connectivity index (χ4v) is 6.45. The molecule has 5 heteroatoms. The van der Waals surface area contributed by atoms with Crippen LogP contribution in [0.25, 0.3) is 10.8 Å². The van der Waals surface area contributed by atoms with Crippen LogP contribution in [0.15, 0.2) is 93.6 Å². The van der Waals surface area contributed by atoms with Gasteiger partial charge in [0.2, 0.25) is 5.78 Å². The smallest absolute Gasteiger partial charge is 0.201 e. The molecule has 6 rings (SSSR count). The van der Waals surface area contributed by atoms with Crippen molar-refractivity contribution in [2.45, 2.75) is 58.8 Å². The van der Waals surface area contributed by atoms with Crippen molar-refractivity contribution in [2.24, 2.45) is 4.99 Å². The average molecular weight is 490 g/mol. The predicted octanol–water partition coefficient (Wildman–Crippen LogP) is 7.38. The van der Waals surface area contributed by atoms with Gasteiger partial charge in [-0.2, -0.15) is 0 Å². The lowest BCUT2D eigenvalue weighted by Gasteiger charge is -2.31. The average Bonchev–Trinajstić information content (AvgIpc) is 3.31. The number of ketones is 1. The molecule has 0 saturated carbocycles. The number of aliphatic hydroxyl groups excluding tert-OH is 1. The van der Waals surface area contributed by atoms with Crippen LogP contribution < -0.4 is 5.32 Å². The van der Waals surface area contributed by atoms with Gasteiger partial charge in [-0.15, -0.1) is 0 Å². The summed E-state index contributed by atoms with van der Waals surface area (Å²) in [6.07, 6.45) is 4.25. The van der Waals surface area contributed by atoms with Gasteiger partial charge in [0.1, 0.15) is 5.76 Å². The molecule has 5 nitrogen and oxygen atoms in total. The van der Waals surface area contributed by atoms with E-state index in [0.717, 1.165) is 45.1 Å². The van der Waals surface area contributed by atoms with E-state index in [1.54, 1.807) is 6.20 Å². The van der Waals surface area contributed by atoms with Crippen LogP contribution in [0.1, 0.15) is 59.1 Å². The number of aromatic nitrogens is 1. The van der Waals surface area contributed by atoms with Gasteiger partial charge in [-0.05, 0) is 53.0 Å². The number of fused-ring (bicyclic) bond motifs is 4. The number of carbonyl (C=O) groups is 1. The maximum atomic E-state index is 13.7. The lowest BCUT2D eigenvalue weighted by atomic mass is 9.71. The van der Waals surface area contributed by atoms with E-state index < -0.39 is 5.41 Å². The van der Waals surface area contributed by atoms with E-state index in [9.17, 15) is 9.90 Å². The molecule has 0 fully saturated rings. The molecule has 2 aromatic carbocycles. The lowest BCUT2D eigenvalue weighted by Crippen LogP contribution is -2.33. The monoisotopic (exact) mass is 489 g/mol. The number of hydrogen-bond acceptors (Lipinski definition) is 5. The highest BCUT2D eigenvalue weighted by molar-refractivity contribution is 6.27. The minimum atomic E-state index is -0.403. The van der Waals surface area contributed by atoms with E-state index in [4.69, 9.17) is 4.99 Å². The molecule has 0 unspecified atom stereocenters. The van der Waals surface area contributed by atoms with Crippen LogP contribution in [0.2, 0.25) is 0 Å². The third-order valence-corrected chi connectivity index (χ3v) is 8.35. The summed E-state index contributed by atoms with van der Waals surface area (Å²) >= 11 is 0. The maximum Gasteiger partial charge on any atom is 0.201 e. The molecule has 0 bridgehead atoms. The summed E-state index contributed by atoms with van der Waals surface area (Å²) < 4.78 is 0. The van der Waals surface area contributed by atoms with Crippen LogP contribution >= 0.6 is 0 Å². The van der Waals surface area contributed by atoms with Crippen molar-refractivity contribution in [3.8, 4) is 0 Å². The molecule has 0 amide bonds. The number of hydrogen-bond donors (Lipinski definition) is 2. The van der Waals surface area contributed by atoms with Gasteiger partial charge in [0.05, 0.1) is 22.5 Å². The highest BCUT2D eigenvalue weighted by atomic mass is 16.3. The zero-order chi connectivity index (χ0) is 26.3. The Morgan fingerprint density at radius 2 is 1.78 bits per heavy atom. The molecule has 2 N–H and O–H groups in total. The fraction of sp³-hybridized carbons (Fsp3) is 0.281. The Morgan fingerprint density at radius 1 is 1.03 bits per heavy atom. The molecule has 0 atom stereocenters. The third kappa shape index (κ3) is 3.06. The number of allylic oxidation sites excluding steroid dienone is 5. The third-order valence-electron chi connectivity index (χ3n) is 8.35. The van der Waals surface area contributed by atoms with Crippen LogP contribution in [0.3, 0.4) is 0 Å². The van der Waals surface area contributed by atoms with Gasteiger partial charge in [0.25, 0.3) is 0 Å². The van der Waals surface area contributed by atoms with Crippen molar-refractivity contribution in [2.75, 3.05) is 5.32 Å². The number of rotatable bonds is 3. The van der Waals surface area contributed by atoms with E-state index >= 15 is 0 Å². The second kappa shape index (κ2) is 7.75. The zero-order valence-electron chi connectivity index (χ0n) is 22.2. The number of carbonyl (C=O) groups excluding carboxylic acids is 1. The Bertz CT molecular complexity index is 1660. The van der Waals surface area contributed by atoms with Crippen molar-refractivity contribution in [1.29, 1.82) is 0 Å². The van der Waals surface area contributed by atoms with Crippen molar-refractivity contribution in [3.63, 3.8) is 0 Å². The van der Waals surface area contributed by atoms with Crippen LogP contribution in [0.5, 0.6) is 0 Å². The van der Waals surface area contributed by atoms with Crippen LogP contribution in [-0.4, -0.2) is 21.6 Å². The number of aliphatic imine (C=N–C) groups is 1. The van der Waals surface area contributed by atoms with E-state index in [0.29, 0.717) is 17.6 Å². The Kier molecular flexibility index (Phi) is 4.91. The fourth-order valence-electron chi connectivity index (χ4n) is 6.45. The quantitative estimate of drug-likeness (QED) is 0.377. The largest absolute Gasteiger partial charge is 0.506 e. The molecule has 186 valence electrons. The molecule has 37 heavy (non-hydrogen) atoms. The number of aliphatic hydroxyl groups is 1. The first-order valence-electron chi connectivity index (χ1n) is 12.9. The predicted molar refractivity (Wildman–Crippen MR) is 150 cm³/mol. The van der Waals surface area contributed by atoms with Crippen molar-refractivity contribution in [3.05, 3.63) is 99.7 Å². The molecule has 0 spiro atoms. The van der Waals surface area contributed by atoms with E-state index in [2.05, 4.69) is 56.2 Å².